The zero-order valence-corrected chi connectivity index (χ0v) is 11.1. The van der Waals surface area contributed by atoms with Crippen LogP contribution in [0.5, 0.6) is 0 Å². The van der Waals surface area contributed by atoms with E-state index in [0.29, 0.717) is 16.6 Å². The van der Waals surface area contributed by atoms with E-state index in [0.717, 1.165) is 6.07 Å². The van der Waals surface area contributed by atoms with Gasteiger partial charge in [0.15, 0.2) is 0 Å². The predicted octanol–water partition coefficient (Wildman–Crippen LogP) is 4.06. The van der Waals surface area contributed by atoms with Crippen LogP contribution in [0.25, 0.3) is 0 Å². The molecule has 1 aliphatic carbocycles. The molecule has 1 aromatic rings. The highest BCUT2D eigenvalue weighted by molar-refractivity contribution is 7.99. The molecule has 1 aliphatic rings. The van der Waals surface area contributed by atoms with E-state index < -0.39 is 17.7 Å². The van der Waals surface area contributed by atoms with Gasteiger partial charge in [-0.2, -0.15) is 11.8 Å². The molecular formula is C14H18F2OS. The average Bonchev–Trinajstić information content (AvgIpc) is 2.36. The molecular weight excluding hydrogens is 254 g/mol. The van der Waals surface area contributed by atoms with Gasteiger partial charge in [-0.3, -0.25) is 0 Å². The fourth-order valence-corrected chi connectivity index (χ4v) is 3.64. The van der Waals surface area contributed by atoms with Crippen molar-refractivity contribution in [2.45, 2.75) is 43.5 Å². The molecule has 0 amide bonds. The Kier molecular flexibility index (Phi) is 5.01. The van der Waals surface area contributed by atoms with Crippen molar-refractivity contribution in [3.63, 3.8) is 0 Å². The quantitative estimate of drug-likeness (QED) is 0.891. The highest BCUT2D eigenvalue weighted by Gasteiger charge is 2.17. The normalized spacial score (nSPS) is 18.8. The summed E-state index contributed by atoms with van der Waals surface area (Å²) in [6.07, 6.45) is 5.39. The minimum Gasteiger partial charge on any atom is -0.388 e. The van der Waals surface area contributed by atoms with E-state index in [9.17, 15) is 13.9 Å². The summed E-state index contributed by atoms with van der Waals surface area (Å²) in [6, 6.07) is 3.23. The zero-order valence-electron chi connectivity index (χ0n) is 10.2. The van der Waals surface area contributed by atoms with Crippen molar-refractivity contribution in [3.05, 3.63) is 35.4 Å². The first kappa shape index (κ1) is 13.8. The largest absolute Gasteiger partial charge is 0.388 e. The lowest BCUT2D eigenvalue weighted by Crippen LogP contribution is -2.11. The Morgan fingerprint density at radius 1 is 1.11 bits per heavy atom. The SMILES string of the molecule is OC(CSC1CCCCC1)c1cc(F)cc(F)c1. The lowest BCUT2D eigenvalue weighted by molar-refractivity contribution is 0.203. The highest BCUT2D eigenvalue weighted by Crippen LogP contribution is 2.31. The number of aliphatic hydroxyl groups is 1. The summed E-state index contributed by atoms with van der Waals surface area (Å²) in [7, 11) is 0. The minimum atomic E-state index is -0.790. The topological polar surface area (TPSA) is 20.2 Å². The maximum absolute atomic E-state index is 13.0. The first-order valence-corrected chi connectivity index (χ1v) is 7.45. The van der Waals surface area contributed by atoms with E-state index in [1.54, 1.807) is 11.8 Å². The summed E-state index contributed by atoms with van der Waals surface area (Å²) in [5.41, 5.74) is 0.329. The molecule has 1 saturated carbocycles. The Labute approximate surface area is 111 Å². The zero-order chi connectivity index (χ0) is 13.0. The Morgan fingerprint density at radius 2 is 1.72 bits per heavy atom. The van der Waals surface area contributed by atoms with Crippen LogP contribution in [0, 0.1) is 11.6 Å². The van der Waals surface area contributed by atoms with E-state index in [2.05, 4.69) is 0 Å². The van der Waals surface area contributed by atoms with Gasteiger partial charge in [-0.1, -0.05) is 19.3 Å². The van der Waals surface area contributed by atoms with Gasteiger partial charge >= 0.3 is 0 Å². The molecule has 0 saturated heterocycles. The van der Waals surface area contributed by atoms with E-state index in [1.807, 2.05) is 0 Å². The van der Waals surface area contributed by atoms with Gasteiger partial charge in [0.2, 0.25) is 0 Å². The van der Waals surface area contributed by atoms with Gasteiger partial charge in [-0.25, -0.2) is 8.78 Å². The molecule has 4 heteroatoms. The molecule has 0 radical (unpaired) electrons. The second kappa shape index (κ2) is 6.53. The number of benzene rings is 1. The van der Waals surface area contributed by atoms with Gasteiger partial charge < -0.3 is 5.11 Å². The van der Waals surface area contributed by atoms with E-state index in [4.69, 9.17) is 0 Å². The van der Waals surface area contributed by atoms with Crippen LogP contribution in [0.2, 0.25) is 0 Å². The maximum Gasteiger partial charge on any atom is 0.126 e. The Morgan fingerprint density at radius 3 is 2.33 bits per heavy atom. The summed E-state index contributed by atoms with van der Waals surface area (Å²) in [5, 5.41) is 10.5. The maximum atomic E-state index is 13.0. The average molecular weight is 272 g/mol. The molecule has 100 valence electrons. The lowest BCUT2D eigenvalue weighted by atomic mass is 10.0. The molecule has 1 atom stereocenters. The van der Waals surface area contributed by atoms with Gasteiger partial charge in [0.05, 0.1) is 6.10 Å². The number of hydrogen-bond donors (Lipinski definition) is 1. The predicted molar refractivity (Wildman–Crippen MR) is 70.6 cm³/mol. The van der Waals surface area contributed by atoms with Crippen LogP contribution in [0.4, 0.5) is 8.78 Å². The van der Waals surface area contributed by atoms with Crippen LogP contribution in [0.1, 0.15) is 43.8 Å². The summed E-state index contributed by atoms with van der Waals surface area (Å²) in [4.78, 5) is 0. The lowest BCUT2D eigenvalue weighted by Gasteiger charge is -2.22. The van der Waals surface area contributed by atoms with E-state index in [1.165, 1.54) is 44.2 Å². The Balaban J connectivity index is 1.88. The van der Waals surface area contributed by atoms with Gasteiger partial charge in [-0.05, 0) is 30.5 Å². The molecule has 0 spiro atoms. The first-order chi connectivity index (χ1) is 8.65. The highest BCUT2D eigenvalue weighted by atomic mass is 32.2. The first-order valence-electron chi connectivity index (χ1n) is 6.41. The Bertz CT molecular complexity index is 371. The van der Waals surface area contributed by atoms with Crippen molar-refractivity contribution in [1.29, 1.82) is 0 Å². The van der Waals surface area contributed by atoms with Crippen molar-refractivity contribution in [2.24, 2.45) is 0 Å². The third kappa shape index (κ3) is 3.95. The third-order valence-corrected chi connectivity index (χ3v) is 4.76. The van der Waals surface area contributed by atoms with Gasteiger partial charge in [0.25, 0.3) is 0 Å². The molecule has 0 aliphatic heterocycles. The van der Waals surface area contributed by atoms with Crippen LogP contribution in [-0.4, -0.2) is 16.1 Å². The van der Waals surface area contributed by atoms with Gasteiger partial charge in [-0.15, -0.1) is 0 Å². The summed E-state index contributed by atoms with van der Waals surface area (Å²) in [5.74, 6) is -0.758. The smallest absolute Gasteiger partial charge is 0.126 e. The molecule has 1 unspecified atom stereocenters. The molecule has 18 heavy (non-hydrogen) atoms. The van der Waals surface area contributed by atoms with Gasteiger partial charge in [0.1, 0.15) is 11.6 Å². The van der Waals surface area contributed by atoms with Crippen LogP contribution in [0.3, 0.4) is 0 Å². The molecule has 1 N–H and O–H groups in total. The van der Waals surface area contributed by atoms with Crippen LogP contribution in [0.15, 0.2) is 18.2 Å². The Hall–Kier alpha value is -0.610. The molecule has 0 heterocycles. The van der Waals surface area contributed by atoms with E-state index in [-0.39, 0.29) is 0 Å². The number of aliphatic hydroxyl groups excluding tert-OH is 1. The fraction of sp³-hybridized carbons (Fsp3) is 0.571. The molecule has 0 bridgehead atoms. The number of rotatable bonds is 4. The molecule has 1 aromatic carbocycles. The second-order valence-electron chi connectivity index (χ2n) is 4.81. The fourth-order valence-electron chi connectivity index (χ4n) is 2.32. The molecule has 1 nitrogen and oxygen atoms in total. The van der Waals surface area contributed by atoms with Crippen LogP contribution >= 0.6 is 11.8 Å². The minimum absolute atomic E-state index is 0.329. The monoisotopic (exact) mass is 272 g/mol. The summed E-state index contributed by atoms with van der Waals surface area (Å²) >= 11 is 1.72. The molecule has 1 fully saturated rings. The molecule has 2 rings (SSSR count). The van der Waals surface area contributed by atoms with Crippen LogP contribution < -0.4 is 0 Å². The standard InChI is InChI=1S/C14H18F2OS/c15-11-6-10(7-12(16)8-11)14(17)9-18-13-4-2-1-3-5-13/h6-8,13-14,17H,1-5,9H2. The van der Waals surface area contributed by atoms with Crippen molar-refractivity contribution in [1.82, 2.24) is 0 Å². The second-order valence-corrected chi connectivity index (χ2v) is 6.15. The van der Waals surface area contributed by atoms with Crippen molar-refractivity contribution >= 4 is 11.8 Å². The van der Waals surface area contributed by atoms with Gasteiger partial charge in [0, 0.05) is 17.1 Å². The van der Waals surface area contributed by atoms with E-state index >= 15 is 0 Å². The van der Waals surface area contributed by atoms with Crippen molar-refractivity contribution in [2.75, 3.05) is 5.75 Å². The van der Waals surface area contributed by atoms with Crippen LogP contribution in [-0.2, 0) is 0 Å². The number of thioether (sulfide) groups is 1. The summed E-state index contributed by atoms with van der Waals surface area (Å²) in [6.45, 7) is 0. The molecule has 0 aromatic heterocycles. The summed E-state index contributed by atoms with van der Waals surface area (Å²) < 4.78 is 26.1. The number of hydrogen-bond acceptors (Lipinski definition) is 2. The third-order valence-electron chi connectivity index (χ3n) is 3.31. The van der Waals surface area contributed by atoms with Crippen molar-refractivity contribution in [3.8, 4) is 0 Å². The number of halogens is 2. The van der Waals surface area contributed by atoms with Crippen molar-refractivity contribution < 1.29 is 13.9 Å².